The van der Waals surface area contributed by atoms with Crippen molar-refractivity contribution in [1.82, 2.24) is 0 Å². The van der Waals surface area contributed by atoms with Crippen LogP contribution in [0.2, 0.25) is 0 Å². The van der Waals surface area contributed by atoms with Gasteiger partial charge in [-0.05, 0) is 26.0 Å². The molecule has 1 aromatic rings. The van der Waals surface area contributed by atoms with Gasteiger partial charge in [-0.2, -0.15) is 0 Å². The average Bonchev–Trinajstić information content (AvgIpc) is 2.43. The molecule has 7 nitrogen and oxygen atoms in total. The van der Waals surface area contributed by atoms with Crippen molar-refractivity contribution in [1.29, 1.82) is 0 Å². The summed E-state index contributed by atoms with van der Waals surface area (Å²) in [6.07, 6.45) is -0.0205. The van der Waals surface area contributed by atoms with Gasteiger partial charge in [-0.3, -0.25) is 4.79 Å². The van der Waals surface area contributed by atoms with Gasteiger partial charge in [0.05, 0.1) is 11.8 Å². The van der Waals surface area contributed by atoms with Gasteiger partial charge >= 0.3 is 0 Å². The van der Waals surface area contributed by atoms with E-state index in [0.29, 0.717) is 11.4 Å². The summed E-state index contributed by atoms with van der Waals surface area (Å²) in [5, 5.41) is 13.9. The summed E-state index contributed by atoms with van der Waals surface area (Å²) >= 11 is 0. The Labute approximate surface area is 117 Å². The quantitative estimate of drug-likeness (QED) is 0.301. The second-order valence-electron chi connectivity index (χ2n) is 4.28. The van der Waals surface area contributed by atoms with Crippen LogP contribution in [0, 0.1) is 0 Å². The summed E-state index contributed by atoms with van der Waals surface area (Å²) in [6, 6.07) is 6.87. The topological polar surface area (TPSA) is 106 Å². The van der Waals surface area contributed by atoms with E-state index in [2.05, 4.69) is 10.5 Å². The average molecular weight is 281 g/mol. The van der Waals surface area contributed by atoms with E-state index in [1.165, 1.54) is 0 Å². The second-order valence-corrected chi connectivity index (χ2v) is 4.28. The predicted octanol–water partition coefficient (Wildman–Crippen LogP) is 1.18. The van der Waals surface area contributed by atoms with Gasteiger partial charge in [0.25, 0.3) is 0 Å². The van der Waals surface area contributed by atoms with E-state index in [4.69, 9.17) is 20.4 Å². The molecular formula is C13H19N3O4. The molecule has 0 saturated heterocycles. The van der Waals surface area contributed by atoms with Crippen LogP contribution in [0.15, 0.2) is 29.4 Å². The maximum Gasteiger partial charge on any atom is 0.250 e. The third-order valence-electron chi connectivity index (χ3n) is 2.21. The molecule has 110 valence electrons. The van der Waals surface area contributed by atoms with Crippen LogP contribution in [0.4, 0.5) is 5.69 Å². The van der Waals surface area contributed by atoms with Crippen molar-refractivity contribution in [2.75, 3.05) is 18.5 Å². The van der Waals surface area contributed by atoms with Gasteiger partial charge in [0, 0.05) is 0 Å². The zero-order valence-corrected chi connectivity index (χ0v) is 11.5. The number of nitrogens with one attached hydrogen (secondary N) is 1. The minimum absolute atomic E-state index is 0.0205. The molecule has 0 spiro atoms. The third-order valence-corrected chi connectivity index (χ3v) is 2.21. The number of amides is 1. The Morgan fingerprint density at radius 2 is 2.10 bits per heavy atom. The highest BCUT2D eigenvalue weighted by atomic mass is 16.5. The largest absolute Gasteiger partial charge is 0.483 e. The first kappa shape index (κ1) is 15.8. The maximum atomic E-state index is 11.7. The lowest BCUT2D eigenvalue weighted by atomic mass is 10.3. The Morgan fingerprint density at radius 1 is 1.40 bits per heavy atom. The van der Waals surface area contributed by atoms with Crippen molar-refractivity contribution in [2.45, 2.75) is 20.0 Å². The Bertz CT molecular complexity index is 474. The van der Waals surface area contributed by atoms with E-state index < -0.39 is 0 Å². The fourth-order valence-corrected chi connectivity index (χ4v) is 1.30. The van der Waals surface area contributed by atoms with Crippen molar-refractivity contribution in [3.8, 4) is 5.75 Å². The number of rotatable bonds is 7. The highest BCUT2D eigenvalue weighted by Crippen LogP contribution is 2.23. The molecule has 0 heterocycles. The van der Waals surface area contributed by atoms with E-state index in [0.717, 1.165) is 0 Å². The lowest BCUT2D eigenvalue weighted by molar-refractivity contribution is -0.121. The van der Waals surface area contributed by atoms with Gasteiger partial charge in [-0.1, -0.05) is 17.3 Å². The summed E-state index contributed by atoms with van der Waals surface area (Å²) in [7, 11) is 0. The number of oxime groups is 1. The number of carbonyl (C=O) groups excluding carboxylic acids is 1. The lowest BCUT2D eigenvalue weighted by Crippen LogP contribution is -2.23. The van der Waals surface area contributed by atoms with Crippen LogP contribution in [0.1, 0.15) is 13.8 Å². The van der Waals surface area contributed by atoms with Crippen molar-refractivity contribution >= 4 is 17.4 Å². The molecule has 20 heavy (non-hydrogen) atoms. The number of benzene rings is 1. The Kier molecular flexibility index (Phi) is 6.31. The van der Waals surface area contributed by atoms with Crippen LogP contribution in [-0.2, 0) is 9.53 Å². The first-order chi connectivity index (χ1) is 9.52. The minimum atomic E-state index is -0.279. The number of hydrogen-bond donors (Lipinski definition) is 3. The number of nitrogens with two attached hydrogens (primary N) is 1. The van der Waals surface area contributed by atoms with Crippen LogP contribution in [0.3, 0.4) is 0 Å². The van der Waals surface area contributed by atoms with Gasteiger partial charge in [-0.15, -0.1) is 0 Å². The Morgan fingerprint density at radius 3 is 2.75 bits per heavy atom. The zero-order chi connectivity index (χ0) is 15.0. The predicted molar refractivity (Wildman–Crippen MR) is 75.1 cm³/mol. The smallest absolute Gasteiger partial charge is 0.250 e. The van der Waals surface area contributed by atoms with Crippen LogP contribution < -0.4 is 15.8 Å². The molecule has 0 radical (unpaired) electrons. The van der Waals surface area contributed by atoms with Gasteiger partial charge < -0.3 is 25.7 Å². The fraction of sp³-hybridized carbons (Fsp3) is 0.385. The molecule has 1 amide bonds. The van der Waals surface area contributed by atoms with Crippen molar-refractivity contribution in [2.24, 2.45) is 10.9 Å². The van der Waals surface area contributed by atoms with Crippen molar-refractivity contribution in [3.05, 3.63) is 24.3 Å². The Balaban J connectivity index is 2.63. The fourth-order valence-electron chi connectivity index (χ4n) is 1.30. The summed E-state index contributed by atoms with van der Waals surface area (Å²) in [4.78, 5) is 11.7. The van der Waals surface area contributed by atoms with Gasteiger partial charge in [0.1, 0.15) is 19.0 Å². The summed E-state index contributed by atoms with van der Waals surface area (Å²) in [6.45, 7) is 3.58. The van der Waals surface area contributed by atoms with Crippen LogP contribution in [-0.4, -0.2) is 36.3 Å². The first-order valence-corrected chi connectivity index (χ1v) is 6.12. The number of nitrogens with zero attached hydrogens (tertiary/aromatic N) is 1. The highest BCUT2D eigenvalue weighted by Gasteiger charge is 2.09. The zero-order valence-electron chi connectivity index (χ0n) is 11.5. The number of amidine groups is 1. The third kappa shape index (κ3) is 5.57. The van der Waals surface area contributed by atoms with E-state index in [9.17, 15) is 4.79 Å². The second kappa shape index (κ2) is 8.00. The number of ether oxygens (including phenoxy) is 2. The Hall–Kier alpha value is -2.28. The van der Waals surface area contributed by atoms with E-state index >= 15 is 0 Å². The van der Waals surface area contributed by atoms with Crippen LogP contribution >= 0.6 is 0 Å². The molecular weight excluding hydrogens is 262 g/mol. The van der Waals surface area contributed by atoms with Crippen molar-refractivity contribution < 1.29 is 19.5 Å². The molecule has 1 rings (SSSR count). The molecule has 0 bridgehead atoms. The molecule has 4 N–H and O–H groups in total. The van der Waals surface area contributed by atoms with Crippen LogP contribution in [0.25, 0.3) is 0 Å². The number of carbonyl (C=O) groups is 1. The molecule has 0 aliphatic heterocycles. The molecule has 7 heteroatoms. The molecule has 0 atom stereocenters. The SMILES string of the molecule is CC(C)OCC(=O)Nc1ccccc1OC/C(N)=N/O. The lowest BCUT2D eigenvalue weighted by Gasteiger charge is -2.12. The van der Waals surface area contributed by atoms with Crippen LogP contribution in [0.5, 0.6) is 5.75 Å². The standard InChI is InChI=1S/C13H19N3O4/c1-9(2)19-8-13(17)15-10-5-3-4-6-11(10)20-7-12(14)16-18/h3-6,9,18H,7-8H2,1-2H3,(H2,14,16)(H,15,17). The van der Waals surface area contributed by atoms with E-state index in [1.807, 2.05) is 13.8 Å². The summed E-state index contributed by atoms with van der Waals surface area (Å²) in [5.41, 5.74) is 5.82. The molecule has 0 fully saturated rings. The summed E-state index contributed by atoms with van der Waals surface area (Å²) in [5.74, 6) is 0.0878. The highest BCUT2D eigenvalue weighted by molar-refractivity contribution is 5.93. The van der Waals surface area contributed by atoms with Gasteiger partial charge in [0.15, 0.2) is 5.84 Å². The van der Waals surface area contributed by atoms with Crippen molar-refractivity contribution in [3.63, 3.8) is 0 Å². The molecule has 0 unspecified atom stereocenters. The van der Waals surface area contributed by atoms with Gasteiger partial charge in [0.2, 0.25) is 5.91 Å². The number of hydrogen-bond acceptors (Lipinski definition) is 5. The monoisotopic (exact) mass is 281 g/mol. The summed E-state index contributed by atoms with van der Waals surface area (Å²) < 4.78 is 10.6. The molecule has 0 aliphatic rings. The maximum absolute atomic E-state index is 11.7. The minimum Gasteiger partial charge on any atom is -0.483 e. The first-order valence-electron chi connectivity index (χ1n) is 6.12. The van der Waals surface area contributed by atoms with Gasteiger partial charge in [-0.25, -0.2) is 0 Å². The number of para-hydroxylation sites is 2. The van der Waals surface area contributed by atoms with E-state index in [1.54, 1.807) is 24.3 Å². The normalized spacial score (nSPS) is 11.4. The molecule has 1 aromatic carbocycles. The number of anilines is 1. The molecule has 0 aromatic heterocycles. The molecule has 0 aliphatic carbocycles. The van der Waals surface area contributed by atoms with E-state index in [-0.39, 0.29) is 31.1 Å². The molecule has 0 saturated carbocycles.